The second kappa shape index (κ2) is 6.74. The van der Waals surface area contributed by atoms with E-state index in [1.165, 1.54) is 11.3 Å². The van der Waals surface area contributed by atoms with Crippen molar-refractivity contribution in [3.05, 3.63) is 65.2 Å². The van der Waals surface area contributed by atoms with Gasteiger partial charge in [0.1, 0.15) is 12.0 Å². The largest absolute Gasteiger partial charge is 0.463 e. The molecule has 2 heterocycles. The summed E-state index contributed by atoms with van der Waals surface area (Å²) in [6.45, 7) is 6.54. The fourth-order valence-electron chi connectivity index (χ4n) is 4.69. The molecule has 0 amide bonds. The third-order valence-electron chi connectivity index (χ3n) is 6.30. The number of benzene rings is 2. The van der Waals surface area contributed by atoms with Gasteiger partial charge in [-0.3, -0.25) is 4.79 Å². The number of carbonyl (C=O) groups is 1. The molecule has 0 fully saturated rings. The Hall–Kier alpha value is -2.59. The van der Waals surface area contributed by atoms with Crippen LogP contribution >= 0.6 is 0 Å². The molecule has 0 N–H and O–H groups in total. The molecule has 1 spiro atoms. The molecule has 2 aliphatic rings. The van der Waals surface area contributed by atoms with Crippen LogP contribution in [0, 0.1) is 0 Å². The number of carbonyl (C=O) groups excluding carboxylic acids is 1. The smallest absolute Gasteiger partial charge is 0.212 e. The molecule has 2 aromatic rings. The van der Waals surface area contributed by atoms with Gasteiger partial charge in [0.2, 0.25) is 5.72 Å². The summed E-state index contributed by atoms with van der Waals surface area (Å²) in [5.41, 5.74) is 3.37. The van der Waals surface area contributed by atoms with E-state index in [-0.39, 0.29) is 5.41 Å². The van der Waals surface area contributed by atoms with E-state index in [1.54, 1.807) is 0 Å². The number of aldehydes is 1. The molecule has 0 radical (unpaired) electrons. The summed E-state index contributed by atoms with van der Waals surface area (Å²) in [7, 11) is 6.69. The third-order valence-corrected chi connectivity index (χ3v) is 6.30. The normalized spacial score (nSPS) is 21.6. The summed E-state index contributed by atoms with van der Waals surface area (Å²) in [6, 6.07) is 14.3. The van der Waals surface area contributed by atoms with Gasteiger partial charge in [0, 0.05) is 29.8 Å². The van der Waals surface area contributed by atoms with Crippen molar-refractivity contribution < 1.29 is 14.0 Å². The second-order valence-corrected chi connectivity index (χ2v) is 9.71. The van der Waals surface area contributed by atoms with Gasteiger partial charge in [0.15, 0.2) is 0 Å². The highest BCUT2D eigenvalue weighted by Gasteiger charge is 2.58. The minimum Gasteiger partial charge on any atom is -0.463 e. The standard InChI is InChI=1S/C25H31N2O2/c1-24(2)21-9-6-7-10-22(21)26(15-8-16-27(3,4)5)25(24)14-13-20-17-19(18-28)11-12-23(20)29-25/h6-7,9-14,17-18H,8,15-16H2,1-5H3/q+1. The van der Waals surface area contributed by atoms with Gasteiger partial charge < -0.3 is 14.1 Å². The topological polar surface area (TPSA) is 29.5 Å². The summed E-state index contributed by atoms with van der Waals surface area (Å²) in [5, 5.41) is 0. The average Bonchev–Trinajstić information content (AvgIpc) is 2.85. The Morgan fingerprint density at radius 3 is 2.59 bits per heavy atom. The maximum Gasteiger partial charge on any atom is 0.212 e. The van der Waals surface area contributed by atoms with E-state index < -0.39 is 5.72 Å². The predicted octanol–water partition coefficient (Wildman–Crippen LogP) is 4.50. The molecule has 4 rings (SSSR count). The molecule has 0 saturated carbocycles. The number of rotatable bonds is 5. The number of ether oxygens (including phenoxy) is 1. The Bertz CT molecular complexity index is 971. The minimum atomic E-state index is -0.586. The Morgan fingerprint density at radius 1 is 1.10 bits per heavy atom. The van der Waals surface area contributed by atoms with Gasteiger partial charge in [-0.25, -0.2) is 0 Å². The summed E-state index contributed by atoms with van der Waals surface area (Å²) in [6.07, 6.45) is 6.26. The number of para-hydroxylation sites is 1. The lowest BCUT2D eigenvalue weighted by atomic mass is 9.76. The Morgan fingerprint density at radius 2 is 1.86 bits per heavy atom. The molecule has 1 unspecified atom stereocenters. The van der Waals surface area contributed by atoms with E-state index in [9.17, 15) is 4.79 Å². The molecule has 2 aliphatic heterocycles. The van der Waals surface area contributed by atoms with Gasteiger partial charge >= 0.3 is 0 Å². The van der Waals surface area contributed by atoms with Crippen LogP contribution in [0.25, 0.3) is 6.08 Å². The van der Waals surface area contributed by atoms with Crippen molar-refractivity contribution in [2.45, 2.75) is 31.4 Å². The van der Waals surface area contributed by atoms with Gasteiger partial charge in [0.25, 0.3) is 0 Å². The monoisotopic (exact) mass is 391 g/mol. The number of anilines is 1. The number of fused-ring (bicyclic) bond motifs is 2. The molecule has 1 atom stereocenters. The Balaban J connectivity index is 1.77. The lowest BCUT2D eigenvalue weighted by molar-refractivity contribution is -0.870. The fraction of sp³-hybridized carbons (Fsp3) is 0.400. The van der Waals surface area contributed by atoms with Crippen molar-refractivity contribution in [3.63, 3.8) is 0 Å². The highest BCUT2D eigenvalue weighted by atomic mass is 16.5. The highest BCUT2D eigenvalue weighted by molar-refractivity contribution is 5.79. The van der Waals surface area contributed by atoms with Crippen LogP contribution in [-0.2, 0) is 5.41 Å². The molecule has 0 aromatic heterocycles. The molecule has 152 valence electrons. The van der Waals surface area contributed by atoms with Crippen molar-refractivity contribution in [2.24, 2.45) is 0 Å². The second-order valence-electron chi connectivity index (χ2n) is 9.71. The average molecular weight is 392 g/mol. The van der Waals surface area contributed by atoms with Gasteiger partial charge in [-0.2, -0.15) is 0 Å². The van der Waals surface area contributed by atoms with Crippen molar-refractivity contribution in [1.29, 1.82) is 0 Å². The van der Waals surface area contributed by atoms with Crippen LogP contribution in [0.1, 0.15) is 41.8 Å². The first-order valence-corrected chi connectivity index (χ1v) is 10.3. The number of nitrogens with zero attached hydrogens (tertiary/aromatic N) is 2. The molecule has 29 heavy (non-hydrogen) atoms. The number of quaternary nitrogens is 1. The molecular formula is C25H31N2O2+. The van der Waals surface area contributed by atoms with E-state index in [0.717, 1.165) is 41.6 Å². The zero-order chi connectivity index (χ0) is 20.9. The predicted molar refractivity (Wildman–Crippen MR) is 119 cm³/mol. The SMILES string of the molecule is CC1(C)c2ccccc2N(CCC[N+](C)(C)C)C12C=Cc1cc(C=O)ccc1O2. The van der Waals surface area contributed by atoms with Crippen LogP contribution < -0.4 is 9.64 Å². The van der Waals surface area contributed by atoms with Crippen LogP contribution in [-0.4, -0.2) is 50.7 Å². The summed E-state index contributed by atoms with van der Waals surface area (Å²) >= 11 is 0. The first kappa shape index (κ1) is 19.7. The lowest BCUT2D eigenvalue weighted by Crippen LogP contribution is -2.60. The van der Waals surface area contributed by atoms with Crippen LogP contribution in [0.3, 0.4) is 0 Å². The summed E-state index contributed by atoms with van der Waals surface area (Å²) < 4.78 is 7.74. The van der Waals surface area contributed by atoms with Gasteiger partial charge in [-0.05, 0) is 55.8 Å². The van der Waals surface area contributed by atoms with E-state index in [1.807, 2.05) is 18.2 Å². The highest BCUT2D eigenvalue weighted by Crippen LogP contribution is 2.54. The first-order chi connectivity index (χ1) is 13.7. The summed E-state index contributed by atoms with van der Waals surface area (Å²) in [5.74, 6) is 0.829. The van der Waals surface area contributed by atoms with Crippen molar-refractivity contribution in [1.82, 2.24) is 0 Å². The lowest BCUT2D eigenvalue weighted by Gasteiger charge is -2.47. The molecule has 0 bridgehead atoms. The Labute approximate surface area is 174 Å². The molecule has 0 aliphatic carbocycles. The number of hydrogen-bond acceptors (Lipinski definition) is 3. The van der Waals surface area contributed by atoms with Crippen LogP contribution in [0.2, 0.25) is 0 Å². The molecule has 0 saturated heterocycles. The van der Waals surface area contributed by atoms with Gasteiger partial charge in [0.05, 0.1) is 33.1 Å². The zero-order valence-corrected chi connectivity index (χ0v) is 18.1. The maximum atomic E-state index is 11.2. The minimum absolute atomic E-state index is 0.225. The molecule has 2 aromatic carbocycles. The first-order valence-electron chi connectivity index (χ1n) is 10.3. The Kier molecular flexibility index (Phi) is 4.58. The zero-order valence-electron chi connectivity index (χ0n) is 18.1. The van der Waals surface area contributed by atoms with Crippen molar-refractivity contribution in [2.75, 3.05) is 39.1 Å². The number of hydrogen-bond donors (Lipinski definition) is 0. The van der Waals surface area contributed by atoms with E-state index in [4.69, 9.17) is 4.74 Å². The fourth-order valence-corrected chi connectivity index (χ4v) is 4.69. The molecular weight excluding hydrogens is 360 g/mol. The summed E-state index contributed by atoms with van der Waals surface area (Å²) in [4.78, 5) is 13.6. The molecule has 4 nitrogen and oxygen atoms in total. The van der Waals surface area contributed by atoms with E-state index in [2.05, 4.69) is 76.3 Å². The molecule has 4 heteroatoms. The van der Waals surface area contributed by atoms with Crippen molar-refractivity contribution >= 4 is 18.0 Å². The van der Waals surface area contributed by atoms with Gasteiger partial charge in [-0.1, -0.05) is 18.2 Å². The van der Waals surface area contributed by atoms with Crippen LogP contribution in [0.4, 0.5) is 5.69 Å². The quantitative estimate of drug-likeness (QED) is 0.555. The van der Waals surface area contributed by atoms with E-state index >= 15 is 0 Å². The van der Waals surface area contributed by atoms with Gasteiger partial charge in [-0.15, -0.1) is 0 Å². The van der Waals surface area contributed by atoms with Crippen LogP contribution in [0.15, 0.2) is 48.5 Å². The maximum absolute atomic E-state index is 11.2. The van der Waals surface area contributed by atoms with Crippen molar-refractivity contribution in [3.8, 4) is 5.75 Å². The van der Waals surface area contributed by atoms with Crippen LogP contribution in [0.5, 0.6) is 5.75 Å². The third kappa shape index (κ3) is 3.16. The van der Waals surface area contributed by atoms with E-state index in [0.29, 0.717) is 5.56 Å².